The van der Waals surface area contributed by atoms with E-state index in [1.165, 1.54) is 52.3 Å². The number of Topliss-reactive ketones (excluding diaryl/α,β-unsaturated/α-hetero) is 1. The van der Waals surface area contributed by atoms with Crippen molar-refractivity contribution in [2.75, 3.05) is 27.4 Å². The van der Waals surface area contributed by atoms with Gasteiger partial charge in [0.2, 0.25) is 12.0 Å². The average Bonchev–Trinajstić information content (AvgIpc) is 0.661. The topological polar surface area (TPSA) is 391 Å². The third-order valence-corrected chi connectivity index (χ3v) is 17.4. The Kier molecular flexibility index (Phi) is 22.2. The summed E-state index contributed by atoms with van der Waals surface area (Å²) in [5, 5.41) is 51.7. The number of carbonyl (C=O) groups excluding carboxylic acids is 8. The number of hydrogen-bond acceptors (Lipinski definition) is 20. The Morgan fingerprint density at radius 1 is 0.775 bits per heavy atom. The number of ketones is 1. The molecule has 1 aliphatic heterocycles. The molecule has 2 bridgehead atoms. The number of alkyl carbamates (subject to hydrolysis) is 1. The van der Waals surface area contributed by atoms with Crippen LogP contribution in [0.25, 0.3) is 0 Å². The average molecular weight is 1250 g/mol. The van der Waals surface area contributed by atoms with Crippen LogP contribution >= 0.6 is 0 Å². The van der Waals surface area contributed by atoms with Gasteiger partial charge in [0.15, 0.2) is 11.4 Å². The number of methoxy groups -OCH3 is 2. The van der Waals surface area contributed by atoms with Crippen LogP contribution in [0.3, 0.4) is 0 Å². The Balaban J connectivity index is 1.33. The van der Waals surface area contributed by atoms with Gasteiger partial charge >= 0.3 is 53.9 Å². The van der Waals surface area contributed by atoms with Gasteiger partial charge in [0, 0.05) is 58.8 Å². The standard InChI is InChI=1S/C62H82N4O23/c1-33-39(31-62(81)58(6,7)45(33)47(83-11)49(72)59(8)40(82-10)30-41-61(32-84-41,87-34(2)67)54(59)60(62,9)88-52(77)36-22-16-13-17-23-36)85-53(78)48(46(35-20-14-12-15-21-35)66-56(80)89-57(3,4)5)86-44(71)28-26-42(68)63-29-19-18-24-37(50(73)74)64-55(79)65-38(51(75)76)25-27-43(69)70/h12-17,20-23,37-41,46-48,54,81H,18-19,24-32H2,1-11H3,(H,63,68)(H,66,80)(H,69,70)(H,73,74)(H,75,76)(H2,64,65,79)/t37-,38-,39-,40-,41+,46-,47+,48+,54+,59-,60+,61-,62-/m0/s1. The molecule has 2 aromatic carbocycles. The molecule has 27 nitrogen and oxygen atoms in total. The summed E-state index contributed by atoms with van der Waals surface area (Å²) in [4.78, 5) is 148. The van der Waals surface area contributed by atoms with E-state index >= 15 is 9.59 Å². The first-order valence-corrected chi connectivity index (χ1v) is 29.2. The minimum atomic E-state index is -2.46. The summed E-state index contributed by atoms with van der Waals surface area (Å²) >= 11 is 0. The van der Waals surface area contributed by atoms with Crippen LogP contribution in [0.1, 0.15) is 142 Å². The predicted octanol–water partition coefficient (Wildman–Crippen LogP) is 4.65. The third kappa shape index (κ3) is 15.0. The van der Waals surface area contributed by atoms with Crippen LogP contribution in [-0.4, -0.2) is 178 Å². The van der Waals surface area contributed by atoms with E-state index in [4.69, 9.17) is 43.0 Å². The zero-order valence-electron chi connectivity index (χ0n) is 51.8. The fraction of sp³-hybridized carbons (Fsp3) is 0.597. The lowest BCUT2D eigenvalue weighted by molar-refractivity contribution is -0.367. The van der Waals surface area contributed by atoms with Crippen molar-refractivity contribution in [2.45, 2.75) is 191 Å². The molecule has 2 aromatic rings. The van der Waals surface area contributed by atoms with Gasteiger partial charge in [0.1, 0.15) is 53.2 Å². The second kappa shape index (κ2) is 28.2. The van der Waals surface area contributed by atoms with Crippen LogP contribution in [0.2, 0.25) is 0 Å². The predicted molar refractivity (Wildman–Crippen MR) is 309 cm³/mol. The number of benzene rings is 2. The van der Waals surface area contributed by atoms with Gasteiger partial charge in [-0.25, -0.2) is 28.8 Å². The molecule has 1 saturated heterocycles. The lowest BCUT2D eigenvalue weighted by Gasteiger charge is -2.71. The molecular weight excluding hydrogens is 1170 g/mol. The molecule has 1 heterocycles. The van der Waals surface area contributed by atoms with E-state index in [9.17, 15) is 58.5 Å². The molecular formula is C62H82N4O23. The number of amides is 4. The quantitative estimate of drug-likeness (QED) is 0.0275. The zero-order chi connectivity index (χ0) is 66.2. The summed E-state index contributed by atoms with van der Waals surface area (Å²) in [5.41, 5.74) is -10.6. The monoisotopic (exact) mass is 1250 g/mol. The van der Waals surface area contributed by atoms with Crippen molar-refractivity contribution in [1.29, 1.82) is 0 Å². The number of rotatable bonds is 26. The molecule has 4 aliphatic rings. The van der Waals surface area contributed by atoms with Crippen LogP contribution in [0.5, 0.6) is 0 Å². The number of nitrogens with one attached hydrogen (secondary N) is 4. The summed E-state index contributed by atoms with van der Waals surface area (Å²) in [6.45, 7) is 13.4. The number of carbonyl (C=O) groups is 11. The van der Waals surface area contributed by atoms with Gasteiger partial charge < -0.3 is 79.6 Å². The number of esters is 4. The number of hydrogen-bond donors (Lipinski definition) is 8. The van der Waals surface area contributed by atoms with Gasteiger partial charge in [-0.15, -0.1) is 0 Å². The fourth-order valence-corrected chi connectivity index (χ4v) is 13.3. The van der Waals surface area contributed by atoms with Gasteiger partial charge in [0.05, 0.1) is 36.0 Å². The minimum absolute atomic E-state index is 0.0219. The molecule has 0 unspecified atom stereocenters. The second-order valence-electron chi connectivity index (χ2n) is 24.7. The summed E-state index contributed by atoms with van der Waals surface area (Å²) in [5.74, 6) is -11.2. The minimum Gasteiger partial charge on any atom is -0.481 e. The molecule has 4 amide bonds. The van der Waals surface area contributed by atoms with Crippen LogP contribution < -0.4 is 21.3 Å². The molecule has 488 valence electrons. The molecule has 89 heavy (non-hydrogen) atoms. The van der Waals surface area contributed by atoms with Crippen molar-refractivity contribution in [3.05, 3.63) is 82.9 Å². The first-order valence-electron chi connectivity index (χ1n) is 29.2. The van der Waals surface area contributed by atoms with Crippen molar-refractivity contribution in [2.24, 2.45) is 16.7 Å². The number of fused-ring (bicyclic) bond motifs is 5. The van der Waals surface area contributed by atoms with E-state index in [2.05, 4.69) is 16.0 Å². The highest BCUT2D eigenvalue weighted by molar-refractivity contribution is 5.95. The number of aliphatic hydroxyl groups is 1. The van der Waals surface area contributed by atoms with Crippen molar-refractivity contribution in [3.8, 4) is 0 Å². The van der Waals surface area contributed by atoms with Gasteiger partial charge in [-0.3, -0.25) is 24.0 Å². The van der Waals surface area contributed by atoms with E-state index in [0.29, 0.717) is 0 Å². The van der Waals surface area contributed by atoms with Crippen LogP contribution in [-0.2, 0) is 76.3 Å². The summed E-state index contributed by atoms with van der Waals surface area (Å²) in [6.07, 6.45) is -11.0. The van der Waals surface area contributed by atoms with Crippen molar-refractivity contribution in [3.63, 3.8) is 0 Å². The molecule has 0 aromatic heterocycles. The lowest BCUT2D eigenvalue weighted by atomic mass is 9.41. The number of aliphatic carboxylic acids is 3. The number of urea groups is 1. The highest BCUT2D eigenvalue weighted by atomic mass is 16.6. The Hall–Kier alpha value is -8.01. The maximum absolute atomic E-state index is 16.0. The van der Waals surface area contributed by atoms with E-state index in [0.717, 1.165) is 0 Å². The van der Waals surface area contributed by atoms with Crippen molar-refractivity contribution in [1.82, 2.24) is 21.3 Å². The number of ether oxygens (including phenoxy) is 8. The maximum Gasteiger partial charge on any atom is 0.408 e. The van der Waals surface area contributed by atoms with Gasteiger partial charge in [-0.05, 0) is 96.1 Å². The van der Waals surface area contributed by atoms with E-state index in [1.807, 2.05) is 5.32 Å². The maximum atomic E-state index is 16.0. The normalized spacial score (nSPS) is 27.2. The lowest BCUT2D eigenvalue weighted by Crippen LogP contribution is -2.85. The summed E-state index contributed by atoms with van der Waals surface area (Å²) < 4.78 is 49.5. The number of unbranched alkanes of at least 4 members (excludes halogenated alkanes) is 1. The third-order valence-electron chi connectivity index (χ3n) is 17.4. The Bertz CT molecular complexity index is 3040. The largest absolute Gasteiger partial charge is 0.481 e. The van der Waals surface area contributed by atoms with Crippen molar-refractivity contribution >= 4 is 65.6 Å². The van der Waals surface area contributed by atoms with E-state index in [-0.39, 0.29) is 61.1 Å². The van der Waals surface area contributed by atoms with Crippen LogP contribution in [0.15, 0.2) is 71.8 Å². The van der Waals surface area contributed by atoms with Crippen molar-refractivity contribution < 1.29 is 111 Å². The zero-order valence-corrected chi connectivity index (χ0v) is 51.8. The first kappa shape index (κ1) is 70.1. The van der Waals surface area contributed by atoms with Gasteiger partial charge in [-0.2, -0.15) is 0 Å². The summed E-state index contributed by atoms with van der Waals surface area (Å²) in [7, 11) is 2.67. The van der Waals surface area contributed by atoms with Crippen LogP contribution in [0, 0.1) is 16.7 Å². The van der Waals surface area contributed by atoms with E-state index in [1.54, 1.807) is 84.9 Å². The molecule has 0 radical (unpaired) electrons. The Morgan fingerprint density at radius 2 is 1.38 bits per heavy atom. The molecule has 6 rings (SSSR count). The molecule has 3 fully saturated rings. The molecule has 27 heteroatoms. The number of carboxylic acids is 3. The van der Waals surface area contributed by atoms with E-state index < -0.39 is 186 Å². The van der Waals surface area contributed by atoms with Gasteiger partial charge in [0.25, 0.3) is 0 Å². The molecule has 8 N–H and O–H groups in total. The smallest absolute Gasteiger partial charge is 0.408 e. The highest BCUT2D eigenvalue weighted by Gasteiger charge is 2.82. The fourth-order valence-electron chi connectivity index (χ4n) is 13.3. The Morgan fingerprint density at radius 3 is 1.92 bits per heavy atom. The molecule has 0 spiro atoms. The first-order chi connectivity index (χ1) is 41.6. The molecule has 3 aliphatic carbocycles. The molecule has 13 atom stereocenters. The second-order valence-corrected chi connectivity index (χ2v) is 24.7. The highest BCUT2D eigenvalue weighted by Crippen LogP contribution is 2.68. The number of carboxylic acid groups (broad SMARTS) is 3. The summed E-state index contributed by atoms with van der Waals surface area (Å²) in [6, 6.07) is 9.87. The Labute approximate surface area is 514 Å². The SMILES string of the molecule is CO[C@H]1C(=O)[C@]2(C)[C@@H](OC)C[C@H]3OC[C@@]3(OC(C)=O)[C@H]2[C@@](C)(OC(=O)c2ccccc2)[C@]2(O)C[C@H](OC(=O)[C@H](OC(=O)CCC(=O)NCCCC[C@H](NC(=O)N[C@@H](CCC(=O)O)C(=O)O)C(=O)O)[C@@H](NC(=O)OC(C)(C)C)c3ccccc3)C(C)=C1C2(C)C. The molecule has 2 saturated carbocycles. The van der Waals surface area contributed by atoms with Gasteiger partial charge in [-0.1, -0.05) is 62.4 Å². The van der Waals surface area contributed by atoms with Crippen LogP contribution in [0.4, 0.5) is 9.59 Å².